The lowest BCUT2D eigenvalue weighted by Crippen LogP contribution is -1.81. The Balaban J connectivity index is 0. The van der Waals surface area contributed by atoms with Gasteiger partial charge in [-0.2, -0.15) is 0 Å². The molecule has 0 fully saturated rings. The van der Waals surface area contributed by atoms with Gasteiger partial charge in [-0.1, -0.05) is 21.3 Å². The Hall–Kier alpha value is -0.330. The maximum Gasteiger partial charge on any atom is -0.00223 e. The molecule has 6 heavy (non-hydrogen) atoms. The van der Waals surface area contributed by atoms with Crippen molar-refractivity contribution in [1.82, 2.24) is 0 Å². The normalized spacial score (nSPS) is 7.17. The molecule has 0 unspecified atom stereocenters. The Labute approximate surface area is 39.9 Å². The standard InChI is InChI=1S/C4H9N.CH4/c1-4(2)3-5;/h3-5H,1-2H3;1H4. The number of nitrogens with one attached hydrogen (secondary N) is 1. The van der Waals surface area contributed by atoms with E-state index in [4.69, 9.17) is 5.41 Å². The molecule has 0 heterocycles. The lowest BCUT2D eigenvalue weighted by atomic mass is 10.3. The number of rotatable bonds is 1. The third kappa shape index (κ3) is 9.38. The highest BCUT2D eigenvalue weighted by atomic mass is 14.3. The van der Waals surface area contributed by atoms with Crippen LogP contribution in [0.3, 0.4) is 0 Å². The van der Waals surface area contributed by atoms with E-state index in [2.05, 4.69) is 0 Å². The van der Waals surface area contributed by atoms with Crippen molar-refractivity contribution in [1.29, 1.82) is 5.41 Å². The summed E-state index contributed by atoms with van der Waals surface area (Å²) in [5.41, 5.74) is 0. The number of hydrogen-bond donors (Lipinski definition) is 1. The molecule has 0 aromatic carbocycles. The largest absolute Gasteiger partial charge is 0.313 e. The quantitative estimate of drug-likeness (QED) is 0.472. The summed E-state index contributed by atoms with van der Waals surface area (Å²) in [6, 6.07) is 0. The van der Waals surface area contributed by atoms with Crippen LogP contribution in [0.25, 0.3) is 0 Å². The molecule has 0 aliphatic rings. The van der Waals surface area contributed by atoms with Crippen LogP contribution < -0.4 is 0 Å². The summed E-state index contributed by atoms with van der Waals surface area (Å²) < 4.78 is 0. The Kier molecular flexibility index (Phi) is 7.15. The molecule has 0 aliphatic heterocycles. The molecule has 38 valence electrons. The molecule has 1 N–H and O–H groups in total. The molecular weight excluding hydrogens is 74.1 g/mol. The zero-order chi connectivity index (χ0) is 4.28. The van der Waals surface area contributed by atoms with E-state index in [1.165, 1.54) is 6.21 Å². The van der Waals surface area contributed by atoms with E-state index < -0.39 is 0 Å². The van der Waals surface area contributed by atoms with Crippen molar-refractivity contribution in [2.75, 3.05) is 0 Å². The highest BCUT2D eigenvalue weighted by molar-refractivity contribution is 5.55. The minimum atomic E-state index is 0. The second-order valence-corrected chi connectivity index (χ2v) is 1.41. The van der Waals surface area contributed by atoms with Gasteiger partial charge in [-0.3, -0.25) is 0 Å². The zero-order valence-corrected chi connectivity index (χ0v) is 3.65. The lowest BCUT2D eigenvalue weighted by molar-refractivity contribution is 0.902. The van der Waals surface area contributed by atoms with Crippen molar-refractivity contribution in [3.8, 4) is 0 Å². The average Bonchev–Trinajstić information content (AvgIpc) is 1.38. The van der Waals surface area contributed by atoms with E-state index in [9.17, 15) is 0 Å². The minimum Gasteiger partial charge on any atom is -0.313 e. The van der Waals surface area contributed by atoms with Gasteiger partial charge < -0.3 is 5.41 Å². The van der Waals surface area contributed by atoms with Crippen molar-refractivity contribution >= 4 is 6.21 Å². The summed E-state index contributed by atoms with van der Waals surface area (Å²) in [7, 11) is 0. The van der Waals surface area contributed by atoms with Gasteiger partial charge in [0.05, 0.1) is 0 Å². The second-order valence-electron chi connectivity index (χ2n) is 1.41. The van der Waals surface area contributed by atoms with Gasteiger partial charge >= 0.3 is 0 Å². The van der Waals surface area contributed by atoms with Crippen molar-refractivity contribution in [2.24, 2.45) is 5.92 Å². The van der Waals surface area contributed by atoms with Gasteiger partial charge in [-0.15, -0.1) is 0 Å². The first kappa shape index (κ1) is 9.18. The Bertz CT molecular complexity index is 30.9. The van der Waals surface area contributed by atoms with Crippen molar-refractivity contribution in [3.63, 3.8) is 0 Å². The Morgan fingerprint density at radius 1 is 1.50 bits per heavy atom. The first-order valence-electron chi connectivity index (χ1n) is 1.78. The van der Waals surface area contributed by atoms with Crippen LogP contribution >= 0.6 is 0 Å². The minimum absolute atomic E-state index is 0. The van der Waals surface area contributed by atoms with Gasteiger partial charge in [0.1, 0.15) is 0 Å². The molecule has 0 aromatic heterocycles. The molecule has 0 spiro atoms. The van der Waals surface area contributed by atoms with Crippen molar-refractivity contribution < 1.29 is 0 Å². The number of hydrogen-bond acceptors (Lipinski definition) is 1. The van der Waals surface area contributed by atoms with Gasteiger partial charge in [0.2, 0.25) is 0 Å². The van der Waals surface area contributed by atoms with Gasteiger partial charge in [-0.25, -0.2) is 0 Å². The maximum absolute atomic E-state index is 6.53. The molecule has 1 nitrogen and oxygen atoms in total. The van der Waals surface area contributed by atoms with E-state index in [1.54, 1.807) is 0 Å². The van der Waals surface area contributed by atoms with E-state index >= 15 is 0 Å². The second kappa shape index (κ2) is 4.67. The summed E-state index contributed by atoms with van der Waals surface area (Å²) in [6.07, 6.45) is 1.42. The van der Waals surface area contributed by atoms with E-state index in [0.29, 0.717) is 5.92 Å². The molecule has 0 saturated carbocycles. The van der Waals surface area contributed by atoms with Crippen LogP contribution in [-0.2, 0) is 0 Å². The fraction of sp³-hybridized carbons (Fsp3) is 0.800. The smallest absolute Gasteiger partial charge is 0.00223 e. The summed E-state index contributed by atoms with van der Waals surface area (Å²) in [6.45, 7) is 3.96. The molecule has 0 bridgehead atoms. The fourth-order valence-electron chi connectivity index (χ4n) is 0. The van der Waals surface area contributed by atoms with Crippen LogP contribution in [0.5, 0.6) is 0 Å². The predicted octanol–water partition coefficient (Wildman–Crippen LogP) is 1.93. The Morgan fingerprint density at radius 2 is 1.67 bits per heavy atom. The van der Waals surface area contributed by atoms with Crippen LogP contribution in [0.15, 0.2) is 0 Å². The van der Waals surface area contributed by atoms with Crippen LogP contribution in [0.4, 0.5) is 0 Å². The molecule has 0 saturated heterocycles. The van der Waals surface area contributed by atoms with Crippen LogP contribution in [0.1, 0.15) is 21.3 Å². The first-order valence-corrected chi connectivity index (χ1v) is 1.78. The van der Waals surface area contributed by atoms with Gasteiger partial charge in [0.25, 0.3) is 0 Å². The molecule has 0 rings (SSSR count). The molecule has 0 aromatic rings. The lowest BCUT2D eigenvalue weighted by Gasteiger charge is -1.82. The van der Waals surface area contributed by atoms with Crippen LogP contribution in [-0.4, -0.2) is 6.21 Å². The highest BCUT2D eigenvalue weighted by Crippen LogP contribution is 1.79. The summed E-state index contributed by atoms with van der Waals surface area (Å²) in [4.78, 5) is 0. The van der Waals surface area contributed by atoms with Crippen molar-refractivity contribution in [2.45, 2.75) is 21.3 Å². The molecule has 0 radical (unpaired) electrons. The van der Waals surface area contributed by atoms with Crippen LogP contribution in [0.2, 0.25) is 0 Å². The first-order chi connectivity index (χ1) is 2.27. The van der Waals surface area contributed by atoms with E-state index in [1.807, 2.05) is 13.8 Å². The summed E-state index contributed by atoms with van der Waals surface area (Å²) >= 11 is 0. The molecule has 1 heteroatoms. The van der Waals surface area contributed by atoms with E-state index in [-0.39, 0.29) is 7.43 Å². The highest BCUT2D eigenvalue weighted by Gasteiger charge is 1.75. The van der Waals surface area contributed by atoms with Gasteiger partial charge in [0.15, 0.2) is 0 Å². The maximum atomic E-state index is 6.53. The molecule has 0 amide bonds. The average molecular weight is 87.2 g/mol. The molecular formula is C5H13N. The zero-order valence-electron chi connectivity index (χ0n) is 3.65. The van der Waals surface area contributed by atoms with Crippen LogP contribution in [0, 0.1) is 11.3 Å². The van der Waals surface area contributed by atoms with E-state index in [0.717, 1.165) is 0 Å². The molecule has 0 aliphatic carbocycles. The summed E-state index contributed by atoms with van der Waals surface area (Å²) in [5, 5.41) is 6.53. The monoisotopic (exact) mass is 87.1 g/mol. The predicted molar refractivity (Wildman–Crippen MR) is 30.4 cm³/mol. The fourth-order valence-corrected chi connectivity index (χ4v) is 0. The van der Waals surface area contributed by atoms with Gasteiger partial charge in [0, 0.05) is 0 Å². The van der Waals surface area contributed by atoms with Gasteiger partial charge in [-0.05, 0) is 12.1 Å². The SMILES string of the molecule is C.CC(C)C=N. The van der Waals surface area contributed by atoms with Crippen molar-refractivity contribution in [3.05, 3.63) is 0 Å². The third-order valence-corrected chi connectivity index (χ3v) is 0.333. The topological polar surface area (TPSA) is 23.9 Å². The Morgan fingerprint density at radius 3 is 1.67 bits per heavy atom. The summed E-state index contributed by atoms with van der Waals surface area (Å²) in [5.74, 6) is 0.426. The third-order valence-electron chi connectivity index (χ3n) is 0.333. The molecule has 0 atom stereocenters.